The van der Waals surface area contributed by atoms with Gasteiger partial charge in [0, 0.05) is 10.5 Å². The van der Waals surface area contributed by atoms with Crippen LogP contribution < -0.4 is 11.3 Å². The summed E-state index contributed by atoms with van der Waals surface area (Å²) in [5.41, 5.74) is 3.71. The van der Waals surface area contributed by atoms with Gasteiger partial charge in [-0.05, 0) is 36.6 Å². The zero-order valence-electron chi connectivity index (χ0n) is 8.76. The highest BCUT2D eigenvalue weighted by Crippen LogP contribution is 2.16. The van der Waals surface area contributed by atoms with E-state index in [4.69, 9.17) is 5.84 Å². The molecule has 84 valence electrons. The van der Waals surface area contributed by atoms with E-state index in [1.165, 1.54) is 6.07 Å². The van der Waals surface area contributed by atoms with Gasteiger partial charge in [0.2, 0.25) is 0 Å². The third-order valence-corrected chi connectivity index (χ3v) is 2.74. The van der Waals surface area contributed by atoms with E-state index < -0.39 is 0 Å². The van der Waals surface area contributed by atoms with E-state index in [-0.39, 0.29) is 11.9 Å². The molecule has 4 heteroatoms. The Kier molecular flexibility index (Phi) is 5.22. The Hall–Kier alpha value is -0.450. The van der Waals surface area contributed by atoms with Gasteiger partial charge >= 0.3 is 0 Å². The largest absolute Gasteiger partial charge is 0.271 e. The van der Waals surface area contributed by atoms with Gasteiger partial charge in [-0.3, -0.25) is 11.3 Å². The van der Waals surface area contributed by atoms with Crippen molar-refractivity contribution < 1.29 is 4.39 Å². The van der Waals surface area contributed by atoms with Crippen LogP contribution >= 0.6 is 15.9 Å². The number of nitrogens with two attached hydrogens (primary N) is 1. The van der Waals surface area contributed by atoms with Gasteiger partial charge in [0.15, 0.2) is 0 Å². The Labute approximate surface area is 98.1 Å². The first-order valence-electron chi connectivity index (χ1n) is 5.06. The van der Waals surface area contributed by atoms with E-state index in [1.807, 2.05) is 6.07 Å². The van der Waals surface area contributed by atoms with Crippen molar-refractivity contribution in [1.82, 2.24) is 5.43 Å². The molecule has 0 heterocycles. The van der Waals surface area contributed by atoms with E-state index in [1.54, 1.807) is 6.07 Å². The number of halogens is 2. The summed E-state index contributed by atoms with van der Waals surface area (Å²) >= 11 is 3.27. The molecule has 2 nitrogen and oxygen atoms in total. The number of benzene rings is 1. The highest BCUT2D eigenvalue weighted by atomic mass is 79.9. The highest BCUT2D eigenvalue weighted by molar-refractivity contribution is 9.10. The molecule has 3 N–H and O–H groups in total. The molecule has 0 aliphatic carbocycles. The van der Waals surface area contributed by atoms with Crippen molar-refractivity contribution in [3.05, 3.63) is 34.1 Å². The number of rotatable bonds is 5. The summed E-state index contributed by atoms with van der Waals surface area (Å²) in [6, 6.07) is 5.13. The molecule has 0 radical (unpaired) electrons. The summed E-state index contributed by atoms with van der Waals surface area (Å²) in [6.07, 6.45) is 2.80. The molecule has 1 unspecified atom stereocenters. The molecular weight excluding hydrogens is 259 g/mol. The number of hydrogen-bond donors (Lipinski definition) is 2. The van der Waals surface area contributed by atoms with Crippen LogP contribution in [0.3, 0.4) is 0 Å². The monoisotopic (exact) mass is 274 g/mol. The van der Waals surface area contributed by atoms with Crippen LogP contribution in [0.1, 0.15) is 25.3 Å². The van der Waals surface area contributed by atoms with Crippen LogP contribution in [0.4, 0.5) is 4.39 Å². The van der Waals surface area contributed by atoms with Crippen molar-refractivity contribution in [2.24, 2.45) is 5.84 Å². The molecule has 0 aliphatic heterocycles. The number of hydrogen-bond acceptors (Lipinski definition) is 2. The summed E-state index contributed by atoms with van der Waals surface area (Å²) in [7, 11) is 0. The average molecular weight is 275 g/mol. The van der Waals surface area contributed by atoms with Crippen LogP contribution in [0.15, 0.2) is 22.7 Å². The third kappa shape index (κ3) is 4.28. The fraction of sp³-hybridized carbons (Fsp3) is 0.455. The lowest BCUT2D eigenvalue weighted by molar-refractivity contribution is 0.484. The maximum Gasteiger partial charge on any atom is 0.124 e. The van der Waals surface area contributed by atoms with Crippen molar-refractivity contribution in [1.29, 1.82) is 0 Å². The molecule has 1 rings (SSSR count). The molecule has 0 amide bonds. The minimum absolute atomic E-state index is 0.212. The maximum atomic E-state index is 13.1. The van der Waals surface area contributed by atoms with Crippen LogP contribution in [-0.2, 0) is 6.42 Å². The summed E-state index contributed by atoms with van der Waals surface area (Å²) in [6.45, 7) is 2.10. The highest BCUT2D eigenvalue weighted by Gasteiger charge is 2.07. The van der Waals surface area contributed by atoms with Crippen molar-refractivity contribution in [3.63, 3.8) is 0 Å². The van der Waals surface area contributed by atoms with E-state index >= 15 is 0 Å². The van der Waals surface area contributed by atoms with Crippen LogP contribution in [0.2, 0.25) is 0 Å². The summed E-state index contributed by atoms with van der Waals surface area (Å²) in [5, 5.41) is 0. The van der Waals surface area contributed by atoms with Crippen LogP contribution in [0.25, 0.3) is 0 Å². The lowest BCUT2D eigenvalue weighted by atomic mass is 10.0. The minimum atomic E-state index is -0.216. The fourth-order valence-corrected chi connectivity index (χ4v) is 2.12. The van der Waals surface area contributed by atoms with Gasteiger partial charge in [-0.1, -0.05) is 29.3 Å². The van der Waals surface area contributed by atoms with Gasteiger partial charge in [0.25, 0.3) is 0 Å². The number of hydrazine groups is 1. The van der Waals surface area contributed by atoms with Gasteiger partial charge in [0.1, 0.15) is 5.82 Å². The van der Waals surface area contributed by atoms with Crippen LogP contribution in [0.5, 0.6) is 0 Å². The second-order valence-corrected chi connectivity index (χ2v) is 4.55. The molecule has 0 fully saturated rings. The van der Waals surface area contributed by atoms with Crippen LogP contribution in [-0.4, -0.2) is 6.04 Å². The fourth-order valence-electron chi connectivity index (χ4n) is 1.61. The Balaban J connectivity index is 2.69. The van der Waals surface area contributed by atoms with Crippen molar-refractivity contribution in [2.75, 3.05) is 0 Å². The van der Waals surface area contributed by atoms with Gasteiger partial charge in [-0.15, -0.1) is 0 Å². The molecule has 0 saturated heterocycles. The zero-order valence-corrected chi connectivity index (χ0v) is 10.3. The lowest BCUT2D eigenvalue weighted by Gasteiger charge is -2.14. The topological polar surface area (TPSA) is 38.0 Å². The Bertz CT molecular complexity index is 297. The van der Waals surface area contributed by atoms with E-state index in [9.17, 15) is 4.39 Å². The zero-order chi connectivity index (χ0) is 11.3. The van der Waals surface area contributed by atoms with Crippen molar-refractivity contribution >= 4 is 15.9 Å². The first kappa shape index (κ1) is 12.6. The lowest BCUT2D eigenvalue weighted by Crippen LogP contribution is -2.36. The van der Waals surface area contributed by atoms with Gasteiger partial charge in [0.05, 0.1) is 0 Å². The Morgan fingerprint density at radius 3 is 2.73 bits per heavy atom. The quantitative estimate of drug-likeness (QED) is 0.640. The molecule has 0 aromatic heterocycles. The predicted octanol–water partition coefficient (Wildman–Crippen LogP) is 2.76. The Morgan fingerprint density at radius 1 is 1.47 bits per heavy atom. The minimum Gasteiger partial charge on any atom is -0.271 e. The maximum absolute atomic E-state index is 13.1. The van der Waals surface area contributed by atoms with Crippen molar-refractivity contribution in [3.8, 4) is 0 Å². The molecule has 0 aliphatic rings. The van der Waals surface area contributed by atoms with Gasteiger partial charge in [-0.25, -0.2) is 4.39 Å². The molecule has 1 atom stereocenters. The normalized spacial score (nSPS) is 12.8. The molecular formula is C11H16BrFN2. The predicted molar refractivity (Wildman–Crippen MR) is 63.8 cm³/mol. The summed E-state index contributed by atoms with van der Waals surface area (Å²) in [4.78, 5) is 0. The second kappa shape index (κ2) is 6.20. The van der Waals surface area contributed by atoms with Gasteiger partial charge in [-0.2, -0.15) is 0 Å². The standard InChI is InChI=1S/C11H16BrFN2/c1-2-3-11(15-14)6-8-4-9(12)7-10(13)5-8/h4-5,7,11,15H,2-3,6,14H2,1H3. The molecule has 15 heavy (non-hydrogen) atoms. The smallest absolute Gasteiger partial charge is 0.124 e. The number of nitrogens with one attached hydrogen (secondary N) is 1. The second-order valence-electron chi connectivity index (χ2n) is 3.63. The summed E-state index contributed by atoms with van der Waals surface area (Å²) < 4.78 is 13.9. The molecule has 0 saturated carbocycles. The SMILES string of the molecule is CCCC(Cc1cc(F)cc(Br)c1)NN. The third-order valence-electron chi connectivity index (χ3n) is 2.28. The van der Waals surface area contributed by atoms with Crippen LogP contribution in [0, 0.1) is 5.82 Å². The molecule has 1 aromatic carbocycles. The molecule has 1 aromatic rings. The first-order chi connectivity index (χ1) is 7.15. The summed E-state index contributed by atoms with van der Waals surface area (Å²) in [5.74, 6) is 5.21. The average Bonchev–Trinajstić information content (AvgIpc) is 2.15. The van der Waals surface area contributed by atoms with Gasteiger partial charge < -0.3 is 0 Å². The van der Waals surface area contributed by atoms with Crippen molar-refractivity contribution in [2.45, 2.75) is 32.2 Å². The first-order valence-corrected chi connectivity index (χ1v) is 5.86. The van der Waals surface area contributed by atoms with E-state index in [2.05, 4.69) is 28.3 Å². The molecule has 0 spiro atoms. The Morgan fingerprint density at radius 2 is 2.20 bits per heavy atom. The van der Waals surface area contributed by atoms with E-state index in [0.717, 1.165) is 29.3 Å². The van der Waals surface area contributed by atoms with E-state index in [0.29, 0.717) is 0 Å². The molecule has 0 bridgehead atoms.